The van der Waals surface area contributed by atoms with Gasteiger partial charge >= 0.3 is 0 Å². The second kappa shape index (κ2) is 4.76. The molecule has 1 aromatic rings. The Bertz CT molecular complexity index is 521. The van der Waals surface area contributed by atoms with E-state index in [1.807, 2.05) is 0 Å². The van der Waals surface area contributed by atoms with Crippen LogP contribution in [0.2, 0.25) is 10.0 Å². The molecule has 2 unspecified atom stereocenters. The summed E-state index contributed by atoms with van der Waals surface area (Å²) in [5.74, 6) is -1.78. The molecule has 7 heteroatoms. The molecular formula is C10H5BrCl3NO2. The lowest BCUT2D eigenvalue weighted by atomic mass is 9.97. The van der Waals surface area contributed by atoms with E-state index >= 15 is 0 Å². The minimum Gasteiger partial charge on any atom is -0.295 e. The minimum absolute atomic E-state index is 0.224. The van der Waals surface area contributed by atoms with E-state index in [4.69, 9.17) is 34.8 Å². The summed E-state index contributed by atoms with van der Waals surface area (Å²) < 4.78 is 0.615. The molecule has 0 radical (unpaired) electrons. The highest BCUT2D eigenvalue weighted by Gasteiger charge is 2.42. The van der Waals surface area contributed by atoms with Crippen molar-refractivity contribution in [1.29, 1.82) is 0 Å². The zero-order chi connectivity index (χ0) is 12.7. The molecule has 1 fully saturated rings. The molecule has 2 amide bonds. The van der Waals surface area contributed by atoms with Gasteiger partial charge in [0.15, 0.2) is 0 Å². The number of hydrogen-bond acceptors (Lipinski definition) is 2. The van der Waals surface area contributed by atoms with Crippen LogP contribution in [0, 0.1) is 0 Å². The van der Waals surface area contributed by atoms with Gasteiger partial charge in [0.05, 0.1) is 16.0 Å². The van der Waals surface area contributed by atoms with Gasteiger partial charge in [-0.25, -0.2) is 0 Å². The number of nitrogens with one attached hydrogen (secondary N) is 1. The van der Waals surface area contributed by atoms with Crippen molar-refractivity contribution in [3.8, 4) is 0 Å². The Morgan fingerprint density at radius 2 is 1.76 bits per heavy atom. The summed E-state index contributed by atoms with van der Waals surface area (Å²) in [7, 11) is 0. The number of benzene rings is 1. The first-order valence-electron chi connectivity index (χ1n) is 4.55. The Morgan fingerprint density at radius 1 is 1.12 bits per heavy atom. The van der Waals surface area contributed by atoms with Gasteiger partial charge in [0.25, 0.3) is 0 Å². The maximum absolute atomic E-state index is 11.6. The molecule has 3 nitrogen and oxygen atoms in total. The Balaban J connectivity index is 2.51. The van der Waals surface area contributed by atoms with Crippen LogP contribution in [0.15, 0.2) is 16.6 Å². The summed E-state index contributed by atoms with van der Waals surface area (Å²) in [5, 5.41) is 1.71. The fourth-order valence-electron chi connectivity index (χ4n) is 1.63. The summed E-state index contributed by atoms with van der Waals surface area (Å²) in [6.45, 7) is 0. The molecule has 0 saturated carbocycles. The number of imide groups is 1. The summed E-state index contributed by atoms with van der Waals surface area (Å²) in [6, 6.07) is 3.28. The molecule has 17 heavy (non-hydrogen) atoms. The van der Waals surface area contributed by atoms with E-state index in [0.717, 1.165) is 0 Å². The molecule has 1 saturated heterocycles. The van der Waals surface area contributed by atoms with Gasteiger partial charge < -0.3 is 0 Å². The number of carbonyl (C=O) groups excluding carboxylic acids is 2. The SMILES string of the molecule is O=C1NC(=O)C(c2ccc(Br)c(Cl)c2Cl)C1Cl. The van der Waals surface area contributed by atoms with Gasteiger partial charge in [-0.15, -0.1) is 11.6 Å². The van der Waals surface area contributed by atoms with E-state index in [1.165, 1.54) is 0 Å². The predicted molar refractivity (Wildman–Crippen MR) is 69.7 cm³/mol. The van der Waals surface area contributed by atoms with Crippen LogP contribution < -0.4 is 5.32 Å². The molecule has 1 N–H and O–H groups in total. The number of hydrogen-bond donors (Lipinski definition) is 1. The van der Waals surface area contributed by atoms with E-state index in [1.54, 1.807) is 12.1 Å². The molecule has 0 spiro atoms. The summed E-state index contributed by atoms with van der Waals surface area (Å²) in [5.41, 5.74) is 0.447. The molecule has 2 atom stereocenters. The lowest BCUT2D eigenvalue weighted by Gasteiger charge is -2.13. The average Bonchev–Trinajstić information content (AvgIpc) is 2.52. The third-order valence-electron chi connectivity index (χ3n) is 2.47. The van der Waals surface area contributed by atoms with Gasteiger partial charge in [-0.1, -0.05) is 29.3 Å². The van der Waals surface area contributed by atoms with E-state index in [9.17, 15) is 9.59 Å². The molecule has 0 aromatic heterocycles. The lowest BCUT2D eigenvalue weighted by Crippen LogP contribution is -2.22. The van der Waals surface area contributed by atoms with Gasteiger partial charge in [-0.3, -0.25) is 14.9 Å². The molecular weight excluding hydrogens is 352 g/mol. The first kappa shape index (κ1) is 13.1. The highest BCUT2D eigenvalue weighted by Crippen LogP contribution is 2.39. The average molecular weight is 357 g/mol. The number of carbonyl (C=O) groups is 2. The first-order valence-corrected chi connectivity index (χ1v) is 6.54. The van der Waals surface area contributed by atoms with Gasteiger partial charge in [-0.2, -0.15) is 0 Å². The summed E-state index contributed by atoms with van der Waals surface area (Å²) in [6.07, 6.45) is 0. The second-order valence-electron chi connectivity index (χ2n) is 3.50. The van der Waals surface area contributed by atoms with Gasteiger partial charge in [-0.05, 0) is 27.6 Å². The molecule has 1 aliphatic heterocycles. The third-order valence-corrected chi connectivity index (χ3v) is 4.71. The molecule has 1 heterocycles. The number of halogens is 4. The van der Waals surface area contributed by atoms with Gasteiger partial charge in [0.1, 0.15) is 5.38 Å². The highest BCUT2D eigenvalue weighted by atomic mass is 79.9. The second-order valence-corrected chi connectivity index (χ2v) is 5.58. The van der Waals surface area contributed by atoms with Crippen LogP contribution in [0.5, 0.6) is 0 Å². The molecule has 0 aliphatic carbocycles. The van der Waals surface area contributed by atoms with Crippen LogP contribution in [0.4, 0.5) is 0 Å². The normalized spacial score (nSPS) is 24.0. The lowest BCUT2D eigenvalue weighted by molar-refractivity contribution is -0.125. The van der Waals surface area contributed by atoms with Crippen molar-refractivity contribution in [2.24, 2.45) is 0 Å². The largest absolute Gasteiger partial charge is 0.295 e. The zero-order valence-corrected chi connectivity index (χ0v) is 12.0. The molecule has 1 aromatic carbocycles. The van der Waals surface area contributed by atoms with Crippen LogP contribution in [0.25, 0.3) is 0 Å². The monoisotopic (exact) mass is 355 g/mol. The van der Waals surface area contributed by atoms with E-state index in [0.29, 0.717) is 15.1 Å². The van der Waals surface area contributed by atoms with Gasteiger partial charge in [0.2, 0.25) is 11.8 Å². The molecule has 0 bridgehead atoms. The summed E-state index contributed by atoms with van der Waals surface area (Å²) >= 11 is 21.1. The fourth-order valence-corrected chi connectivity index (χ4v) is 2.84. The highest BCUT2D eigenvalue weighted by molar-refractivity contribution is 9.10. The van der Waals surface area contributed by atoms with Crippen molar-refractivity contribution in [2.45, 2.75) is 11.3 Å². The Kier molecular flexibility index (Phi) is 3.69. The molecule has 1 aliphatic rings. The van der Waals surface area contributed by atoms with Crippen molar-refractivity contribution in [3.63, 3.8) is 0 Å². The number of alkyl halides is 1. The van der Waals surface area contributed by atoms with E-state index in [-0.39, 0.29) is 5.02 Å². The quantitative estimate of drug-likeness (QED) is 0.477. The van der Waals surface area contributed by atoms with E-state index in [2.05, 4.69) is 21.2 Å². The van der Waals surface area contributed by atoms with Crippen LogP contribution >= 0.6 is 50.7 Å². The Morgan fingerprint density at radius 3 is 2.29 bits per heavy atom. The van der Waals surface area contributed by atoms with Crippen molar-refractivity contribution in [3.05, 3.63) is 32.2 Å². The maximum Gasteiger partial charge on any atom is 0.245 e. The molecule has 2 rings (SSSR count). The van der Waals surface area contributed by atoms with Crippen LogP contribution in [0.1, 0.15) is 11.5 Å². The van der Waals surface area contributed by atoms with Crippen LogP contribution in [-0.2, 0) is 9.59 Å². The van der Waals surface area contributed by atoms with Crippen LogP contribution in [0.3, 0.4) is 0 Å². The van der Waals surface area contributed by atoms with E-state index < -0.39 is 23.1 Å². The predicted octanol–water partition coefficient (Wildman–Crippen LogP) is 3.10. The smallest absolute Gasteiger partial charge is 0.245 e. The maximum atomic E-state index is 11.6. The van der Waals surface area contributed by atoms with Crippen molar-refractivity contribution in [1.82, 2.24) is 5.32 Å². The molecule has 90 valence electrons. The standard InChI is InChI=1S/C10H5BrCl3NO2/c11-4-2-1-3(6(12)7(4)13)5-8(14)10(17)15-9(5)16/h1-2,5,8H,(H,15,16,17). The van der Waals surface area contributed by atoms with Crippen molar-refractivity contribution >= 4 is 62.5 Å². The number of amides is 2. The Labute approximate surface area is 121 Å². The van der Waals surface area contributed by atoms with Crippen molar-refractivity contribution < 1.29 is 9.59 Å². The van der Waals surface area contributed by atoms with Gasteiger partial charge in [0, 0.05) is 4.47 Å². The minimum atomic E-state index is -0.961. The third kappa shape index (κ3) is 2.19. The van der Waals surface area contributed by atoms with Crippen molar-refractivity contribution in [2.75, 3.05) is 0 Å². The summed E-state index contributed by atoms with van der Waals surface area (Å²) in [4.78, 5) is 22.9. The fraction of sp³-hybridized carbons (Fsp3) is 0.200. The Hall–Kier alpha value is -0.290. The first-order chi connectivity index (χ1) is 7.93. The topological polar surface area (TPSA) is 46.2 Å². The zero-order valence-electron chi connectivity index (χ0n) is 8.14. The van der Waals surface area contributed by atoms with Crippen LogP contribution in [-0.4, -0.2) is 17.2 Å². The number of rotatable bonds is 1.